The van der Waals surface area contributed by atoms with Crippen molar-refractivity contribution in [2.45, 2.75) is 6.92 Å². The van der Waals surface area contributed by atoms with Gasteiger partial charge in [-0.05, 0) is 49.4 Å². The molecule has 2 rings (SSSR count). The van der Waals surface area contributed by atoms with Crippen LogP contribution >= 0.6 is 11.6 Å². The molecule has 0 bridgehead atoms. The maximum Gasteiger partial charge on any atom is 0.251 e. The lowest BCUT2D eigenvalue weighted by Crippen LogP contribution is -2.23. The van der Waals surface area contributed by atoms with Gasteiger partial charge in [-0.3, -0.25) is 9.59 Å². The largest absolute Gasteiger partial charge is 0.495 e. The first kappa shape index (κ1) is 18.6. The van der Waals surface area contributed by atoms with Gasteiger partial charge >= 0.3 is 0 Å². The molecule has 0 unspecified atom stereocenters. The van der Waals surface area contributed by atoms with Crippen LogP contribution in [-0.4, -0.2) is 32.0 Å². The summed E-state index contributed by atoms with van der Waals surface area (Å²) in [6.07, 6.45) is 0. The normalized spacial score (nSPS) is 10.0. The van der Waals surface area contributed by atoms with Gasteiger partial charge in [-0.25, -0.2) is 0 Å². The Labute approximate surface area is 151 Å². The number of carbonyl (C=O) groups is 2. The van der Waals surface area contributed by atoms with Crippen molar-refractivity contribution >= 4 is 34.8 Å². The van der Waals surface area contributed by atoms with Crippen LogP contribution in [0.3, 0.4) is 0 Å². The predicted molar refractivity (Wildman–Crippen MR) is 99.6 cm³/mol. The predicted octanol–water partition coefficient (Wildman–Crippen LogP) is 3.15. The van der Waals surface area contributed by atoms with Crippen molar-refractivity contribution in [3.05, 3.63) is 53.1 Å². The molecule has 0 radical (unpaired) electrons. The second-order valence-corrected chi connectivity index (χ2v) is 5.60. The van der Waals surface area contributed by atoms with Crippen molar-refractivity contribution in [1.29, 1.82) is 0 Å². The minimum atomic E-state index is -0.210. The minimum absolute atomic E-state index is 0.0841. The van der Waals surface area contributed by atoms with Crippen molar-refractivity contribution in [2.24, 2.45) is 0 Å². The number of carbonyl (C=O) groups excluding carboxylic acids is 2. The Kier molecular flexibility index (Phi) is 6.65. The van der Waals surface area contributed by atoms with Crippen LogP contribution in [0.2, 0.25) is 5.02 Å². The first-order valence-corrected chi connectivity index (χ1v) is 8.16. The highest BCUT2D eigenvalue weighted by molar-refractivity contribution is 6.32. The maximum atomic E-state index is 12.0. The minimum Gasteiger partial charge on any atom is -0.495 e. The molecule has 0 aromatic heterocycles. The van der Waals surface area contributed by atoms with Crippen LogP contribution in [0.15, 0.2) is 42.5 Å². The smallest absolute Gasteiger partial charge is 0.251 e. The zero-order valence-electron chi connectivity index (χ0n) is 14.1. The highest BCUT2D eigenvalue weighted by Crippen LogP contribution is 2.27. The summed E-state index contributed by atoms with van der Waals surface area (Å²) in [6.45, 7) is 2.51. The van der Waals surface area contributed by atoms with Crippen molar-refractivity contribution in [3.63, 3.8) is 0 Å². The van der Waals surface area contributed by atoms with Gasteiger partial charge in [0.25, 0.3) is 5.91 Å². The van der Waals surface area contributed by atoms with Crippen LogP contribution in [0.1, 0.15) is 17.3 Å². The topological polar surface area (TPSA) is 79.5 Å². The molecule has 0 heterocycles. The van der Waals surface area contributed by atoms with Gasteiger partial charge in [0.05, 0.1) is 18.7 Å². The molecule has 0 saturated carbocycles. The third-order valence-corrected chi connectivity index (χ3v) is 3.67. The summed E-state index contributed by atoms with van der Waals surface area (Å²) < 4.78 is 5.08. The number of anilines is 2. The van der Waals surface area contributed by atoms with E-state index in [1.165, 1.54) is 0 Å². The molecule has 0 aliphatic rings. The lowest BCUT2D eigenvalue weighted by Gasteiger charge is -2.10. The van der Waals surface area contributed by atoms with E-state index < -0.39 is 0 Å². The van der Waals surface area contributed by atoms with E-state index in [1.54, 1.807) is 49.6 Å². The molecule has 7 heteroatoms. The maximum absolute atomic E-state index is 12.0. The van der Waals surface area contributed by atoms with Gasteiger partial charge in [-0.1, -0.05) is 11.6 Å². The monoisotopic (exact) mass is 361 g/mol. The van der Waals surface area contributed by atoms with Crippen LogP contribution in [0, 0.1) is 0 Å². The third-order valence-electron chi connectivity index (χ3n) is 3.37. The molecule has 0 atom stereocenters. The Balaban J connectivity index is 1.87. The number of halogens is 1. The fourth-order valence-electron chi connectivity index (χ4n) is 2.13. The van der Waals surface area contributed by atoms with E-state index in [4.69, 9.17) is 16.3 Å². The summed E-state index contributed by atoms with van der Waals surface area (Å²) in [4.78, 5) is 23.7. The second-order valence-electron chi connectivity index (χ2n) is 5.19. The molecule has 0 aliphatic carbocycles. The second kappa shape index (κ2) is 8.94. The quantitative estimate of drug-likeness (QED) is 0.707. The van der Waals surface area contributed by atoms with Crippen LogP contribution in [-0.2, 0) is 4.79 Å². The summed E-state index contributed by atoms with van der Waals surface area (Å²) in [5.74, 6) is 0.222. The molecular weight excluding hydrogens is 342 g/mol. The van der Waals surface area contributed by atoms with Gasteiger partial charge in [-0.15, -0.1) is 0 Å². The fraction of sp³-hybridized carbons (Fsp3) is 0.222. The lowest BCUT2D eigenvalue weighted by molar-refractivity contribution is -0.114. The van der Waals surface area contributed by atoms with Gasteiger partial charge in [0, 0.05) is 23.5 Å². The van der Waals surface area contributed by atoms with Gasteiger partial charge in [-0.2, -0.15) is 0 Å². The van der Waals surface area contributed by atoms with Crippen LogP contribution in [0.4, 0.5) is 11.4 Å². The third kappa shape index (κ3) is 5.39. The van der Waals surface area contributed by atoms with E-state index in [0.717, 1.165) is 0 Å². The van der Waals surface area contributed by atoms with Gasteiger partial charge < -0.3 is 20.7 Å². The molecule has 3 N–H and O–H groups in total. The summed E-state index contributed by atoms with van der Waals surface area (Å²) in [5, 5.41) is 8.93. The van der Waals surface area contributed by atoms with E-state index >= 15 is 0 Å². The Hall–Kier alpha value is -2.73. The molecule has 2 aromatic rings. The molecule has 132 valence electrons. The number of hydrogen-bond acceptors (Lipinski definition) is 4. The van der Waals surface area contributed by atoms with Crippen molar-refractivity contribution in [1.82, 2.24) is 5.32 Å². The lowest BCUT2D eigenvalue weighted by atomic mass is 10.2. The Morgan fingerprint density at radius 1 is 1.08 bits per heavy atom. The Morgan fingerprint density at radius 2 is 1.76 bits per heavy atom. The molecule has 6 nitrogen and oxygen atoms in total. The standard InChI is InChI=1S/C18H20ClN3O3/c1-3-20-18(24)12-4-6-13(7-5-12)22-17(23)11-21-14-8-9-16(25-2)15(19)10-14/h4-10,21H,3,11H2,1-2H3,(H,20,24)(H,22,23). The number of methoxy groups -OCH3 is 1. The van der Waals surface area contributed by atoms with E-state index in [-0.39, 0.29) is 18.4 Å². The highest BCUT2D eigenvalue weighted by atomic mass is 35.5. The first-order chi connectivity index (χ1) is 12.0. The van der Waals surface area contributed by atoms with Gasteiger partial charge in [0.2, 0.25) is 5.91 Å². The molecule has 0 fully saturated rings. The van der Waals surface area contributed by atoms with Crippen molar-refractivity contribution < 1.29 is 14.3 Å². The van der Waals surface area contributed by atoms with Crippen molar-refractivity contribution in [2.75, 3.05) is 30.8 Å². The summed E-state index contributed by atoms with van der Waals surface area (Å²) in [6, 6.07) is 11.9. The molecule has 2 aromatic carbocycles. The number of hydrogen-bond donors (Lipinski definition) is 3. The van der Waals surface area contributed by atoms with Gasteiger partial charge in [0.1, 0.15) is 5.75 Å². The highest BCUT2D eigenvalue weighted by Gasteiger charge is 2.07. The average Bonchev–Trinajstić information content (AvgIpc) is 2.61. The average molecular weight is 362 g/mol. The Morgan fingerprint density at radius 3 is 2.36 bits per heavy atom. The molecule has 2 amide bonds. The number of ether oxygens (including phenoxy) is 1. The molecule has 0 spiro atoms. The molecule has 25 heavy (non-hydrogen) atoms. The van der Waals surface area contributed by atoms with Gasteiger partial charge in [0.15, 0.2) is 0 Å². The number of amides is 2. The first-order valence-electron chi connectivity index (χ1n) is 7.79. The van der Waals surface area contributed by atoms with E-state index in [1.807, 2.05) is 6.92 Å². The van der Waals surface area contributed by atoms with Crippen LogP contribution in [0.25, 0.3) is 0 Å². The zero-order valence-corrected chi connectivity index (χ0v) is 14.8. The molecular formula is C18H20ClN3O3. The van der Waals surface area contributed by atoms with Crippen molar-refractivity contribution in [3.8, 4) is 5.75 Å². The van der Waals surface area contributed by atoms with E-state index in [0.29, 0.717) is 34.3 Å². The molecule has 0 aliphatic heterocycles. The number of nitrogens with one attached hydrogen (secondary N) is 3. The number of rotatable bonds is 7. The molecule has 0 saturated heterocycles. The summed E-state index contributed by atoms with van der Waals surface area (Å²) in [5.41, 5.74) is 1.88. The van der Waals surface area contributed by atoms with E-state index in [2.05, 4.69) is 16.0 Å². The van der Waals surface area contributed by atoms with Crippen LogP contribution < -0.4 is 20.7 Å². The number of benzene rings is 2. The zero-order chi connectivity index (χ0) is 18.2. The van der Waals surface area contributed by atoms with Crippen LogP contribution in [0.5, 0.6) is 5.75 Å². The summed E-state index contributed by atoms with van der Waals surface area (Å²) in [7, 11) is 1.54. The summed E-state index contributed by atoms with van der Waals surface area (Å²) >= 11 is 6.04. The fourth-order valence-corrected chi connectivity index (χ4v) is 2.39. The SMILES string of the molecule is CCNC(=O)c1ccc(NC(=O)CNc2ccc(OC)c(Cl)c2)cc1. The Bertz CT molecular complexity index is 748. The van der Waals surface area contributed by atoms with E-state index in [9.17, 15) is 9.59 Å².